The lowest BCUT2D eigenvalue weighted by Crippen LogP contribution is -2.45. The summed E-state index contributed by atoms with van der Waals surface area (Å²) in [7, 11) is 1.52. The summed E-state index contributed by atoms with van der Waals surface area (Å²) in [5.74, 6) is -0.651. The molecule has 1 aromatic heterocycles. The number of pyridine rings is 1. The van der Waals surface area contributed by atoms with Crippen molar-refractivity contribution in [1.82, 2.24) is 9.88 Å². The van der Waals surface area contributed by atoms with Gasteiger partial charge in [-0.3, -0.25) is 9.78 Å². The number of nitrogens with zero attached hydrogens (tertiary/aromatic N) is 2. The Morgan fingerprint density at radius 1 is 1.46 bits per heavy atom. The molecule has 0 bridgehead atoms. The van der Waals surface area contributed by atoms with Crippen LogP contribution in [0.15, 0.2) is 18.5 Å². The van der Waals surface area contributed by atoms with Gasteiger partial charge in [-0.15, -0.1) is 0 Å². The molecule has 1 aliphatic heterocycles. The summed E-state index contributed by atoms with van der Waals surface area (Å²) in [4.78, 5) is 28.9. The highest BCUT2D eigenvalue weighted by molar-refractivity contribution is 5.76. The van der Waals surface area contributed by atoms with Crippen molar-refractivity contribution in [3.05, 3.63) is 24.0 Å². The number of piperidine rings is 1. The Labute approximate surface area is 140 Å². The van der Waals surface area contributed by atoms with E-state index in [2.05, 4.69) is 4.98 Å². The SMILES string of the molecule is CCOC(=O)C1CN(C(=O)O)CCC1c1ccncc1OCOC. The lowest BCUT2D eigenvalue weighted by molar-refractivity contribution is -0.150. The van der Waals surface area contributed by atoms with E-state index in [-0.39, 0.29) is 25.9 Å². The average molecular weight is 338 g/mol. The Morgan fingerprint density at radius 2 is 2.25 bits per heavy atom. The third-order valence-electron chi connectivity index (χ3n) is 4.02. The van der Waals surface area contributed by atoms with E-state index >= 15 is 0 Å². The fourth-order valence-corrected chi connectivity index (χ4v) is 2.93. The van der Waals surface area contributed by atoms with Gasteiger partial charge >= 0.3 is 12.1 Å². The van der Waals surface area contributed by atoms with E-state index in [9.17, 15) is 14.7 Å². The van der Waals surface area contributed by atoms with Gasteiger partial charge < -0.3 is 24.2 Å². The number of amides is 1. The van der Waals surface area contributed by atoms with Crippen LogP contribution in [-0.4, -0.2) is 60.7 Å². The van der Waals surface area contributed by atoms with Gasteiger partial charge in [0.2, 0.25) is 0 Å². The summed E-state index contributed by atoms with van der Waals surface area (Å²) in [5.41, 5.74) is 0.810. The number of likely N-dealkylation sites (tertiary alicyclic amines) is 1. The van der Waals surface area contributed by atoms with Crippen LogP contribution in [0.3, 0.4) is 0 Å². The van der Waals surface area contributed by atoms with Gasteiger partial charge in [0, 0.05) is 37.9 Å². The van der Waals surface area contributed by atoms with Gasteiger partial charge in [-0.1, -0.05) is 0 Å². The van der Waals surface area contributed by atoms with Crippen LogP contribution in [0.1, 0.15) is 24.8 Å². The third kappa shape index (κ3) is 4.14. The topological polar surface area (TPSA) is 98.2 Å². The van der Waals surface area contributed by atoms with E-state index in [4.69, 9.17) is 14.2 Å². The summed E-state index contributed by atoms with van der Waals surface area (Å²) in [5, 5.41) is 9.22. The molecule has 24 heavy (non-hydrogen) atoms. The molecule has 1 saturated heterocycles. The number of hydrogen-bond acceptors (Lipinski definition) is 6. The monoisotopic (exact) mass is 338 g/mol. The van der Waals surface area contributed by atoms with Gasteiger partial charge in [-0.2, -0.15) is 0 Å². The van der Waals surface area contributed by atoms with Gasteiger partial charge in [0.05, 0.1) is 18.7 Å². The first kappa shape index (κ1) is 18.0. The van der Waals surface area contributed by atoms with E-state index in [0.717, 1.165) is 5.56 Å². The normalized spacial score (nSPS) is 20.5. The second-order valence-corrected chi connectivity index (χ2v) is 5.45. The Bertz CT molecular complexity index is 579. The highest BCUT2D eigenvalue weighted by Gasteiger charge is 2.39. The van der Waals surface area contributed by atoms with E-state index in [1.54, 1.807) is 25.4 Å². The standard InChI is InChI=1S/C16H22N2O6/c1-3-23-15(19)13-9-18(16(20)21)7-5-11(13)12-4-6-17-8-14(12)24-10-22-2/h4,6,8,11,13H,3,5,7,9-10H2,1-2H3,(H,20,21). The van der Waals surface area contributed by atoms with Gasteiger partial charge in [-0.25, -0.2) is 4.79 Å². The maximum atomic E-state index is 12.4. The second kappa shape index (κ2) is 8.49. The molecule has 0 radical (unpaired) electrons. The van der Waals surface area contributed by atoms with Crippen LogP contribution in [0.5, 0.6) is 5.75 Å². The number of esters is 1. The van der Waals surface area contributed by atoms with E-state index in [1.165, 1.54) is 12.0 Å². The first-order chi connectivity index (χ1) is 11.6. The maximum Gasteiger partial charge on any atom is 0.407 e. The Balaban J connectivity index is 2.29. The molecule has 0 aromatic carbocycles. The Hall–Kier alpha value is -2.35. The fraction of sp³-hybridized carbons (Fsp3) is 0.562. The zero-order valence-electron chi connectivity index (χ0n) is 13.8. The zero-order valence-corrected chi connectivity index (χ0v) is 13.8. The molecule has 2 rings (SSSR count). The molecule has 8 heteroatoms. The first-order valence-electron chi connectivity index (χ1n) is 7.78. The minimum Gasteiger partial charge on any atom is -0.466 e. The van der Waals surface area contributed by atoms with Crippen molar-refractivity contribution in [3.8, 4) is 5.75 Å². The molecule has 0 aliphatic carbocycles. The summed E-state index contributed by atoms with van der Waals surface area (Å²) >= 11 is 0. The Kier molecular flexibility index (Phi) is 6.36. The number of aromatic nitrogens is 1. The minimum absolute atomic E-state index is 0.0662. The van der Waals surface area contributed by atoms with Crippen molar-refractivity contribution in [3.63, 3.8) is 0 Å². The molecule has 1 fully saturated rings. The lowest BCUT2D eigenvalue weighted by Gasteiger charge is -2.36. The highest BCUT2D eigenvalue weighted by atomic mass is 16.7. The van der Waals surface area contributed by atoms with Crippen molar-refractivity contribution in [2.75, 3.05) is 33.6 Å². The molecular formula is C16H22N2O6. The van der Waals surface area contributed by atoms with Gasteiger partial charge in [0.1, 0.15) is 5.75 Å². The second-order valence-electron chi connectivity index (χ2n) is 5.45. The molecule has 1 aliphatic rings. The molecular weight excluding hydrogens is 316 g/mol. The molecule has 132 valence electrons. The molecule has 2 heterocycles. The van der Waals surface area contributed by atoms with E-state index in [1.807, 2.05) is 0 Å². The van der Waals surface area contributed by atoms with E-state index < -0.39 is 18.0 Å². The molecule has 1 aromatic rings. The molecule has 0 spiro atoms. The minimum atomic E-state index is -1.03. The maximum absolute atomic E-state index is 12.4. The molecule has 2 atom stereocenters. The smallest absolute Gasteiger partial charge is 0.407 e. The van der Waals surface area contributed by atoms with Crippen molar-refractivity contribution >= 4 is 12.1 Å². The number of rotatable bonds is 6. The molecule has 1 amide bonds. The van der Waals surface area contributed by atoms with Gasteiger partial charge in [0.25, 0.3) is 0 Å². The van der Waals surface area contributed by atoms with Crippen molar-refractivity contribution in [2.24, 2.45) is 5.92 Å². The zero-order chi connectivity index (χ0) is 17.5. The van der Waals surface area contributed by atoms with Crippen LogP contribution in [0.2, 0.25) is 0 Å². The number of carbonyl (C=O) groups is 2. The molecule has 0 saturated carbocycles. The van der Waals surface area contributed by atoms with E-state index in [0.29, 0.717) is 18.7 Å². The molecule has 2 unspecified atom stereocenters. The number of hydrogen-bond donors (Lipinski definition) is 1. The van der Waals surface area contributed by atoms with Crippen LogP contribution < -0.4 is 4.74 Å². The lowest BCUT2D eigenvalue weighted by atomic mass is 9.80. The van der Waals surface area contributed by atoms with Crippen LogP contribution >= 0.6 is 0 Å². The summed E-state index contributed by atoms with van der Waals surface area (Å²) < 4.78 is 15.6. The van der Waals surface area contributed by atoms with Crippen molar-refractivity contribution in [1.29, 1.82) is 0 Å². The number of methoxy groups -OCH3 is 1. The fourth-order valence-electron chi connectivity index (χ4n) is 2.93. The number of ether oxygens (including phenoxy) is 3. The first-order valence-corrected chi connectivity index (χ1v) is 7.78. The summed E-state index contributed by atoms with van der Waals surface area (Å²) in [6, 6.07) is 1.79. The quantitative estimate of drug-likeness (QED) is 0.623. The van der Waals surface area contributed by atoms with Crippen LogP contribution in [-0.2, 0) is 14.3 Å². The third-order valence-corrected chi connectivity index (χ3v) is 4.02. The highest BCUT2D eigenvalue weighted by Crippen LogP contribution is 2.38. The average Bonchev–Trinajstić information content (AvgIpc) is 2.60. The Morgan fingerprint density at radius 3 is 2.92 bits per heavy atom. The van der Waals surface area contributed by atoms with Crippen LogP contribution in [0.25, 0.3) is 0 Å². The largest absolute Gasteiger partial charge is 0.466 e. The van der Waals surface area contributed by atoms with Gasteiger partial charge in [0.15, 0.2) is 6.79 Å². The molecule has 8 nitrogen and oxygen atoms in total. The summed E-state index contributed by atoms with van der Waals surface area (Å²) in [6.45, 7) is 2.49. The van der Waals surface area contributed by atoms with Crippen molar-refractivity contribution in [2.45, 2.75) is 19.3 Å². The van der Waals surface area contributed by atoms with Crippen LogP contribution in [0.4, 0.5) is 4.79 Å². The summed E-state index contributed by atoms with van der Waals surface area (Å²) in [6.07, 6.45) is 2.66. The number of carboxylic acid groups (broad SMARTS) is 1. The van der Waals surface area contributed by atoms with Gasteiger partial charge in [-0.05, 0) is 19.4 Å². The van der Waals surface area contributed by atoms with Crippen molar-refractivity contribution < 1.29 is 28.9 Å². The molecule has 1 N–H and O–H groups in total. The predicted molar refractivity (Wildman–Crippen MR) is 83.8 cm³/mol. The predicted octanol–water partition coefficient (Wildman–Crippen LogP) is 1.71. The van der Waals surface area contributed by atoms with Crippen LogP contribution in [0, 0.1) is 5.92 Å². The number of carbonyl (C=O) groups excluding carboxylic acids is 1.